The topological polar surface area (TPSA) is 163 Å². The molecule has 65 heavy (non-hydrogen) atoms. The molecule has 0 radical (unpaired) electrons. The molecule has 0 heterocycles. The first-order valence-electron chi connectivity index (χ1n) is 21.6. The first-order chi connectivity index (χ1) is 30.5. The average Bonchev–Trinajstić information content (AvgIpc) is 3.29. The van der Waals surface area contributed by atoms with E-state index in [0.717, 1.165) is 44.5 Å². The molecule has 0 spiro atoms. The van der Waals surface area contributed by atoms with Crippen molar-refractivity contribution in [1.82, 2.24) is 0 Å². The smallest absolute Gasteiger partial charge is 0.481 e. The molecule has 6 aromatic rings. The maximum absolute atomic E-state index is 13.1. The lowest BCUT2D eigenvalue weighted by atomic mass is 9.68. The molecule has 2 atom stereocenters. The normalized spacial score (nSPS) is 14.4. The van der Waals surface area contributed by atoms with Crippen LogP contribution in [-0.2, 0) is 39.6 Å². The quantitative estimate of drug-likeness (QED) is 0.0494. The zero-order valence-electron chi connectivity index (χ0n) is 38.4. The minimum atomic E-state index is -5.52. The molecule has 0 aliphatic rings. The summed E-state index contributed by atoms with van der Waals surface area (Å²) in [4.78, 5) is 29.6. The summed E-state index contributed by atoms with van der Waals surface area (Å²) in [6.45, 7) is 14.3. The van der Waals surface area contributed by atoms with E-state index in [1.54, 1.807) is 0 Å². The zero-order chi connectivity index (χ0) is 47.5. The molecule has 5 N–H and O–H groups in total. The van der Waals surface area contributed by atoms with E-state index in [9.17, 15) is 34.0 Å². The van der Waals surface area contributed by atoms with Crippen molar-refractivity contribution >= 4 is 15.6 Å². The molecule has 0 fully saturated rings. The molecular formula is C53H62O10P2. The molecule has 0 saturated carbocycles. The van der Waals surface area contributed by atoms with Crippen LogP contribution in [0.4, 0.5) is 0 Å². The van der Waals surface area contributed by atoms with Crippen LogP contribution in [0.5, 0.6) is 5.75 Å². The second-order valence-electron chi connectivity index (χ2n) is 19.0. The van der Waals surface area contributed by atoms with Crippen LogP contribution in [-0.4, -0.2) is 44.7 Å². The third kappa shape index (κ3) is 10.8. The predicted octanol–water partition coefficient (Wildman–Crippen LogP) is 11.3. The standard InChI is InChI=1S/C53H62O10P2/c1-49(2,38-21-13-9-14-22-38)42-29-31-44(45(33-42)51(5,6)40-25-17-11-18-26-40)48(53(35-54,36-55)37-61-65(59,60)63-64(56,57)58)62-47-32-30-43(50(3,4)39-23-15-10-16-24-39)34-46(47)52(7,8)41-27-19-12-20-28-41/h9-34,48,54-55H,35-37H2,1-8H3,(H,59,60)(H2,56,57,58). The summed E-state index contributed by atoms with van der Waals surface area (Å²) in [5.74, 6) is 0.401. The first-order valence-corrected chi connectivity index (χ1v) is 24.7. The van der Waals surface area contributed by atoms with E-state index in [2.05, 4.69) is 96.1 Å². The fourth-order valence-corrected chi connectivity index (χ4v) is 10.4. The molecule has 10 nitrogen and oxygen atoms in total. The van der Waals surface area contributed by atoms with Crippen LogP contribution in [0.2, 0.25) is 0 Å². The van der Waals surface area contributed by atoms with Crippen LogP contribution in [0.1, 0.15) is 112 Å². The number of benzene rings is 6. The Hall–Kier alpha value is -4.70. The van der Waals surface area contributed by atoms with Gasteiger partial charge in [0.05, 0.1) is 25.2 Å². The van der Waals surface area contributed by atoms with E-state index in [-0.39, 0.29) is 0 Å². The van der Waals surface area contributed by atoms with E-state index >= 15 is 0 Å². The lowest BCUT2D eigenvalue weighted by Crippen LogP contribution is -2.44. The summed E-state index contributed by atoms with van der Waals surface area (Å²) < 4.78 is 41.8. The summed E-state index contributed by atoms with van der Waals surface area (Å²) in [5, 5.41) is 23.1. The van der Waals surface area contributed by atoms with Gasteiger partial charge >= 0.3 is 15.6 Å². The van der Waals surface area contributed by atoms with Gasteiger partial charge in [-0.2, -0.15) is 4.31 Å². The Bertz CT molecular complexity index is 2620. The number of hydrogen-bond acceptors (Lipinski definition) is 7. The highest BCUT2D eigenvalue weighted by molar-refractivity contribution is 7.60. The van der Waals surface area contributed by atoms with Gasteiger partial charge in [0.1, 0.15) is 11.9 Å². The van der Waals surface area contributed by atoms with Crippen LogP contribution in [0.25, 0.3) is 0 Å². The number of rotatable bonds is 19. The second kappa shape index (κ2) is 19.3. The van der Waals surface area contributed by atoms with Crippen LogP contribution in [0.15, 0.2) is 158 Å². The van der Waals surface area contributed by atoms with E-state index in [1.807, 2.05) is 121 Å². The number of hydrogen-bond donors (Lipinski definition) is 5. The van der Waals surface area contributed by atoms with E-state index in [4.69, 9.17) is 9.26 Å². The highest BCUT2D eigenvalue weighted by Gasteiger charge is 2.48. The Balaban J connectivity index is 1.66. The summed E-state index contributed by atoms with van der Waals surface area (Å²) in [6, 6.07) is 52.2. The maximum Gasteiger partial charge on any atom is 0.481 e. The number of phosphoric ester groups is 1. The number of phosphoric acid groups is 2. The fraction of sp³-hybridized carbons (Fsp3) is 0.321. The summed E-state index contributed by atoms with van der Waals surface area (Å²) in [7, 11) is -11.0. The minimum Gasteiger partial charge on any atom is -0.485 e. The lowest BCUT2D eigenvalue weighted by Gasteiger charge is -2.42. The first kappa shape index (κ1) is 49.7. The molecule has 6 aromatic carbocycles. The van der Waals surface area contributed by atoms with Gasteiger partial charge in [0, 0.05) is 27.2 Å². The van der Waals surface area contributed by atoms with Gasteiger partial charge in [-0.25, -0.2) is 9.13 Å². The molecule has 344 valence electrons. The molecule has 0 amide bonds. The Morgan fingerprint density at radius 2 is 0.846 bits per heavy atom. The van der Waals surface area contributed by atoms with Crippen molar-refractivity contribution in [1.29, 1.82) is 0 Å². The van der Waals surface area contributed by atoms with Crippen molar-refractivity contribution < 1.29 is 47.6 Å². The van der Waals surface area contributed by atoms with Gasteiger partial charge in [-0.15, -0.1) is 0 Å². The van der Waals surface area contributed by atoms with Crippen molar-refractivity contribution in [3.8, 4) is 5.75 Å². The van der Waals surface area contributed by atoms with E-state index in [1.165, 1.54) is 0 Å². The Kier molecular flexibility index (Phi) is 14.7. The van der Waals surface area contributed by atoms with Gasteiger partial charge in [-0.3, -0.25) is 4.52 Å². The summed E-state index contributed by atoms with van der Waals surface area (Å²) >= 11 is 0. The Morgan fingerprint density at radius 1 is 0.477 bits per heavy atom. The zero-order valence-corrected chi connectivity index (χ0v) is 40.2. The van der Waals surface area contributed by atoms with Gasteiger partial charge in [-0.05, 0) is 50.6 Å². The van der Waals surface area contributed by atoms with Gasteiger partial charge in [0.25, 0.3) is 0 Å². The highest BCUT2D eigenvalue weighted by Crippen LogP contribution is 2.59. The van der Waals surface area contributed by atoms with Crippen molar-refractivity contribution in [3.05, 3.63) is 208 Å². The number of aliphatic hydroxyl groups is 2. The third-order valence-corrected chi connectivity index (χ3v) is 15.4. The minimum absolute atomic E-state index is 0.401. The molecular weight excluding hydrogens is 859 g/mol. The van der Waals surface area contributed by atoms with Gasteiger partial charge in [0.15, 0.2) is 0 Å². The van der Waals surface area contributed by atoms with Crippen LogP contribution < -0.4 is 4.74 Å². The van der Waals surface area contributed by atoms with Crippen LogP contribution in [0, 0.1) is 5.41 Å². The molecule has 0 bridgehead atoms. The molecule has 0 saturated heterocycles. The Labute approximate surface area is 383 Å². The summed E-state index contributed by atoms with van der Waals surface area (Å²) in [6.07, 6.45) is -1.34. The van der Waals surface area contributed by atoms with Crippen LogP contribution in [0.3, 0.4) is 0 Å². The Morgan fingerprint density at radius 3 is 1.25 bits per heavy atom. The maximum atomic E-state index is 13.1. The number of aliphatic hydroxyl groups excluding tert-OH is 2. The SMILES string of the molecule is CC(C)(c1ccccc1)c1ccc(OC(c2ccc(C(C)(C)c3ccccc3)cc2C(C)(C)c2ccccc2)C(CO)(CO)COP(=O)(O)OP(=O)(O)O)c(C(C)(C)c2ccccc2)c1. The largest absolute Gasteiger partial charge is 0.485 e. The van der Waals surface area contributed by atoms with Gasteiger partial charge in [0.2, 0.25) is 0 Å². The monoisotopic (exact) mass is 920 g/mol. The highest BCUT2D eigenvalue weighted by atomic mass is 31.3. The van der Waals surface area contributed by atoms with Crippen molar-refractivity contribution in [2.24, 2.45) is 5.41 Å². The summed E-state index contributed by atoms with van der Waals surface area (Å²) in [5.41, 5.74) is 3.82. The van der Waals surface area contributed by atoms with Crippen molar-refractivity contribution in [2.45, 2.75) is 83.2 Å². The predicted molar refractivity (Wildman–Crippen MR) is 256 cm³/mol. The molecule has 6 rings (SSSR count). The van der Waals surface area contributed by atoms with E-state index < -0.39 is 68.6 Å². The van der Waals surface area contributed by atoms with Gasteiger partial charge < -0.3 is 29.6 Å². The molecule has 0 aliphatic carbocycles. The second-order valence-corrected chi connectivity index (χ2v) is 21.8. The van der Waals surface area contributed by atoms with Crippen LogP contribution >= 0.6 is 15.6 Å². The average molecular weight is 921 g/mol. The van der Waals surface area contributed by atoms with Gasteiger partial charge in [-0.1, -0.05) is 207 Å². The molecule has 12 heteroatoms. The molecule has 0 aliphatic heterocycles. The molecule has 0 aromatic heterocycles. The number of ether oxygens (including phenoxy) is 1. The molecule has 2 unspecified atom stereocenters. The van der Waals surface area contributed by atoms with Crippen molar-refractivity contribution in [2.75, 3.05) is 19.8 Å². The van der Waals surface area contributed by atoms with E-state index in [0.29, 0.717) is 11.3 Å². The van der Waals surface area contributed by atoms with Crippen molar-refractivity contribution in [3.63, 3.8) is 0 Å². The fourth-order valence-electron chi connectivity index (χ4n) is 8.68. The third-order valence-electron chi connectivity index (χ3n) is 13.2. The lowest BCUT2D eigenvalue weighted by molar-refractivity contribution is -0.0731.